The Bertz CT molecular complexity index is 639. The van der Waals surface area contributed by atoms with Crippen LogP contribution in [0.5, 0.6) is 0 Å². The topological polar surface area (TPSA) is 55.2 Å². The maximum atomic E-state index is 10.7. The number of benzene rings is 2. The van der Waals surface area contributed by atoms with Crippen LogP contribution in [0.3, 0.4) is 0 Å². The van der Waals surface area contributed by atoms with Crippen LogP contribution in [0.2, 0.25) is 0 Å². The quantitative estimate of drug-likeness (QED) is 0.604. The van der Waals surface area contributed by atoms with Gasteiger partial charge < -0.3 is 5.32 Å². The molecule has 110 valence electrons. The van der Waals surface area contributed by atoms with E-state index in [9.17, 15) is 10.1 Å². The van der Waals surface area contributed by atoms with Gasteiger partial charge in [-0.1, -0.05) is 38.1 Å². The third-order valence-corrected chi connectivity index (χ3v) is 3.95. The Morgan fingerprint density at radius 2 is 1.86 bits per heavy atom. The average molecular weight is 349 g/mol. The first-order chi connectivity index (χ1) is 9.97. The SMILES string of the molecule is CC(C)c1ccc(CNc2ccc([N+](=O)[O-])cc2Br)cc1. The van der Waals surface area contributed by atoms with Crippen molar-refractivity contribution in [1.82, 2.24) is 0 Å². The summed E-state index contributed by atoms with van der Waals surface area (Å²) in [6.07, 6.45) is 0. The summed E-state index contributed by atoms with van der Waals surface area (Å²) < 4.78 is 0.690. The van der Waals surface area contributed by atoms with Crippen molar-refractivity contribution >= 4 is 27.3 Å². The molecule has 0 aromatic heterocycles. The molecular weight excluding hydrogens is 332 g/mol. The molecule has 0 bridgehead atoms. The van der Waals surface area contributed by atoms with E-state index < -0.39 is 4.92 Å². The average Bonchev–Trinajstić information content (AvgIpc) is 2.46. The number of hydrogen-bond donors (Lipinski definition) is 1. The molecule has 0 amide bonds. The summed E-state index contributed by atoms with van der Waals surface area (Å²) in [5.74, 6) is 0.524. The van der Waals surface area contributed by atoms with E-state index in [1.807, 2.05) is 0 Å². The van der Waals surface area contributed by atoms with Crippen molar-refractivity contribution in [3.8, 4) is 0 Å². The molecule has 2 aromatic carbocycles. The molecule has 5 heteroatoms. The molecule has 21 heavy (non-hydrogen) atoms. The number of rotatable bonds is 5. The highest BCUT2D eigenvalue weighted by atomic mass is 79.9. The Balaban J connectivity index is 2.04. The molecule has 0 spiro atoms. The second kappa shape index (κ2) is 6.72. The van der Waals surface area contributed by atoms with Crippen molar-refractivity contribution in [2.24, 2.45) is 0 Å². The predicted octanol–water partition coefficient (Wildman–Crippen LogP) is 5.09. The Hall–Kier alpha value is -1.88. The van der Waals surface area contributed by atoms with Crippen LogP contribution < -0.4 is 5.32 Å². The normalized spacial score (nSPS) is 10.7. The van der Waals surface area contributed by atoms with Crippen molar-refractivity contribution in [2.75, 3.05) is 5.32 Å². The largest absolute Gasteiger partial charge is 0.380 e. The zero-order valence-electron chi connectivity index (χ0n) is 12.0. The third-order valence-electron chi connectivity index (χ3n) is 3.29. The molecule has 0 heterocycles. The molecule has 1 N–H and O–H groups in total. The summed E-state index contributed by atoms with van der Waals surface area (Å²) in [5.41, 5.74) is 3.40. The fourth-order valence-corrected chi connectivity index (χ4v) is 2.49. The standard InChI is InChI=1S/C16H17BrN2O2/c1-11(2)13-5-3-12(4-6-13)10-18-16-8-7-14(19(20)21)9-15(16)17/h3-9,11,18H,10H2,1-2H3. The van der Waals surface area contributed by atoms with E-state index in [-0.39, 0.29) is 5.69 Å². The lowest BCUT2D eigenvalue weighted by Gasteiger charge is -2.10. The van der Waals surface area contributed by atoms with E-state index in [1.54, 1.807) is 6.07 Å². The van der Waals surface area contributed by atoms with E-state index >= 15 is 0 Å². The lowest BCUT2D eigenvalue weighted by molar-refractivity contribution is -0.384. The highest BCUT2D eigenvalue weighted by molar-refractivity contribution is 9.10. The highest BCUT2D eigenvalue weighted by Gasteiger charge is 2.08. The maximum Gasteiger partial charge on any atom is 0.270 e. The summed E-state index contributed by atoms with van der Waals surface area (Å²) in [6, 6.07) is 13.2. The molecule has 0 saturated heterocycles. The maximum absolute atomic E-state index is 10.7. The van der Waals surface area contributed by atoms with Gasteiger partial charge in [-0.05, 0) is 39.0 Å². The lowest BCUT2D eigenvalue weighted by Crippen LogP contribution is -2.01. The molecule has 0 aliphatic heterocycles. The zero-order chi connectivity index (χ0) is 15.4. The van der Waals surface area contributed by atoms with Crippen LogP contribution in [0.15, 0.2) is 46.9 Å². The van der Waals surface area contributed by atoms with E-state index in [1.165, 1.54) is 23.3 Å². The molecule has 0 atom stereocenters. The van der Waals surface area contributed by atoms with Crippen LogP contribution in [0.1, 0.15) is 30.9 Å². The number of nitrogens with one attached hydrogen (secondary N) is 1. The second-order valence-corrected chi connectivity index (χ2v) is 6.03. The van der Waals surface area contributed by atoms with Crippen LogP contribution in [0.25, 0.3) is 0 Å². The van der Waals surface area contributed by atoms with Crippen molar-refractivity contribution in [2.45, 2.75) is 26.3 Å². The van der Waals surface area contributed by atoms with E-state index in [4.69, 9.17) is 0 Å². The zero-order valence-corrected chi connectivity index (χ0v) is 13.6. The van der Waals surface area contributed by atoms with Gasteiger partial charge in [0, 0.05) is 28.8 Å². The Labute approximate surface area is 132 Å². The van der Waals surface area contributed by atoms with Crippen molar-refractivity contribution in [1.29, 1.82) is 0 Å². The van der Waals surface area contributed by atoms with Gasteiger partial charge in [0.05, 0.1) is 4.92 Å². The van der Waals surface area contributed by atoms with Gasteiger partial charge in [-0.3, -0.25) is 10.1 Å². The molecule has 4 nitrogen and oxygen atoms in total. The highest BCUT2D eigenvalue weighted by Crippen LogP contribution is 2.27. The molecule has 0 aliphatic rings. The van der Waals surface area contributed by atoms with Crippen LogP contribution in [0, 0.1) is 10.1 Å². The van der Waals surface area contributed by atoms with Crippen LogP contribution >= 0.6 is 15.9 Å². The number of nitro groups is 1. The van der Waals surface area contributed by atoms with Crippen molar-refractivity contribution in [3.05, 3.63) is 68.2 Å². The third kappa shape index (κ3) is 4.04. The Morgan fingerprint density at radius 3 is 2.38 bits per heavy atom. The number of non-ortho nitro benzene ring substituents is 1. The summed E-state index contributed by atoms with van der Waals surface area (Å²) in [6.45, 7) is 5.01. The minimum Gasteiger partial charge on any atom is -0.380 e. The van der Waals surface area contributed by atoms with Gasteiger partial charge in [-0.25, -0.2) is 0 Å². The fraction of sp³-hybridized carbons (Fsp3) is 0.250. The molecule has 0 unspecified atom stereocenters. The Morgan fingerprint density at radius 1 is 1.19 bits per heavy atom. The first-order valence-corrected chi connectivity index (χ1v) is 7.53. The number of hydrogen-bond acceptors (Lipinski definition) is 3. The fourth-order valence-electron chi connectivity index (χ4n) is 1.98. The number of anilines is 1. The summed E-state index contributed by atoms with van der Waals surface area (Å²) in [4.78, 5) is 10.3. The smallest absolute Gasteiger partial charge is 0.270 e. The minimum atomic E-state index is -0.404. The second-order valence-electron chi connectivity index (χ2n) is 5.17. The summed E-state index contributed by atoms with van der Waals surface area (Å²) in [5, 5.41) is 14.0. The Kier molecular flexibility index (Phi) is 4.96. The van der Waals surface area contributed by atoms with Gasteiger partial charge in [0.25, 0.3) is 5.69 Å². The molecule has 0 radical (unpaired) electrons. The molecular formula is C16H17BrN2O2. The number of halogens is 1. The van der Waals surface area contributed by atoms with Gasteiger partial charge in [-0.15, -0.1) is 0 Å². The predicted molar refractivity (Wildman–Crippen MR) is 88.7 cm³/mol. The number of nitrogens with zero attached hydrogens (tertiary/aromatic N) is 1. The summed E-state index contributed by atoms with van der Waals surface area (Å²) >= 11 is 3.35. The molecule has 2 rings (SSSR count). The minimum absolute atomic E-state index is 0.0775. The van der Waals surface area contributed by atoms with Gasteiger partial charge in [0.1, 0.15) is 0 Å². The van der Waals surface area contributed by atoms with Crippen LogP contribution in [-0.4, -0.2) is 4.92 Å². The van der Waals surface area contributed by atoms with Crippen LogP contribution in [-0.2, 0) is 6.54 Å². The number of nitro benzene ring substituents is 1. The van der Waals surface area contributed by atoms with Gasteiger partial charge in [-0.2, -0.15) is 0 Å². The molecule has 0 fully saturated rings. The van der Waals surface area contributed by atoms with E-state index in [2.05, 4.69) is 59.4 Å². The van der Waals surface area contributed by atoms with Crippen LogP contribution in [0.4, 0.5) is 11.4 Å². The van der Waals surface area contributed by atoms with Crippen molar-refractivity contribution in [3.63, 3.8) is 0 Å². The van der Waals surface area contributed by atoms with Gasteiger partial charge >= 0.3 is 0 Å². The first-order valence-electron chi connectivity index (χ1n) is 6.74. The lowest BCUT2D eigenvalue weighted by atomic mass is 10.0. The van der Waals surface area contributed by atoms with Gasteiger partial charge in [0.2, 0.25) is 0 Å². The molecule has 2 aromatic rings. The van der Waals surface area contributed by atoms with E-state index in [0.717, 1.165) is 5.69 Å². The van der Waals surface area contributed by atoms with E-state index in [0.29, 0.717) is 16.9 Å². The summed E-state index contributed by atoms with van der Waals surface area (Å²) in [7, 11) is 0. The van der Waals surface area contributed by atoms with Crippen molar-refractivity contribution < 1.29 is 4.92 Å². The molecule has 0 aliphatic carbocycles. The van der Waals surface area contributed by atoms with Gasteiger partial charge in [0.15, 0.2) is 0 Å². The molecule has 0 saturated carbocycles. The monoisotopic (exact) mass is 348 g/mol. The first kappa shape index (κ1) is 15.5.